The van der Waals surface area contributed by atoms with Crippen LogP contribution in [0, 0.1) is 0 Å². The molecule has 1 aliphatic rings. The maximum absolute atomic E-state index is 12.8. The predicted octanol–water partition coefficient (Wildman–Crippen LogP) is 3.18. The molecule has 4 rings (SSSR count). The lowest BCUT2D eigenvalue weighted by Gasteiger charge is -2.22. The molecule has 8 nitrogen and oxygen atoms in total. The van der Waals surface area contributed by atoms with Crippen LogP contribution in [0.4, 0.5) is 0 Å². The number of methoxy groups -OCH3 is 1. The topological polar surface area (TPSA) is 105 Å². The summed E-state index contributed by atoms with van der Waals surface area (Å²) in [5.74, 6) is -0.610. The minimum Gasteiger partial charge on any atom is -0.497 e. The predicted molar refractivity (Wildman–Crippen MR) is 110 cm³/mol. The van der Waals surface area contributed by atoms with E-state index in [0.29, 0.717) is 6.42 Å². The van der Waals surface area contributed by atoms with Crippen molar-refractivity contribution >= 4 is 28.6 Å². The molecule has 3 aromatic rings. The first-order valence-electron chi connectivity index (χ1n) is 9.51. The van der Waals surface area contributed by atoms with E-state index in [1.165, 1.54) is 5.01 Å². The third kappa shape index (κ3) is 3.98. The van der Waals surface area contributed by atoms with Gasteiger partial charge in [-0.2, -0.15) is 5.10 Å². The second kappa shape index (κ2) is 8.28. The highest BCUT2D eigenvalue weighted by molar-refractivity contribution is 6.03. The average molecular weight is 404 g/mol. The Morgan fingerprint density at radius 1 is 1.07 bits per heavy atom. The molecular formula is C22H20N4O4. The number of hydrazone groups is 1. The molecule has 1 amide bonds. The molecule has 0 aliphatic carbocycles. The van der Waals surface area contributed by atoms with Gasteiger partial charge in [-0.3, -0.25) is 19.6 Å². The van der Waals surface area contributed by atoms with Crippen LogP contribution in [0.2, 0.25) is 0 Å². The van der Waals surface area contributed by atoms with Crippen LogP contribution in [0.1, 0.15) is 36.4 Å². The fraction of sp³-hybridized carbons (Fsp3) is 0.227. The highest BCUT2D eigenvalue weighted by atomic mass is 16.5. The second-order valence-corrected chi connectivity index (χ2v) is 6.93. The number of hydrogen-bond donors (Lipinski definition) is 1. The van der Waals surface area contributed by atoms with E-state index >= 15 is 0 Å². The molecule has 0 saturated heterocycles. The van der Waals surface area contributed by atoms with E-state index < -0.39 is 5.97 Å². The van der Waals surface area contributed by atoms with Crippen molar-refractivity contribution < 1.29 is 19.4 Å². The first kappa shape index (κ1) is 19.5. The van der Waals surface area contributed by atoms with Crippen LogP contribution in [0.25, 0.3) is 11.0 Å². The van der Waals surface area contributed by atoms with Crippen molar-refractivity contribution in [3.8, 4) is 5.75 Å². The van der Waals surface area contributed by atoms with E-state index in [9.17, 15) is 9.59 Å². The van der Waals surface area contributed by atoms with Gasteiger partial charge in [0.2, 0.25) is 5.91 Å². The SMILES string of the molecule is COc1ccc(C2=NN(C(=O)CCC(=O)O)[C@@H](c3ccc4nccnc4c3)C2)cc1. The molecule has 152 valence electrons. The maximum atomic E-state index is 12.8. The lowest BCUT2D eigenvalue weighted by Crippen LogP contribution is -2.27. The molecule has 8 heteroatoms. The van der Waals surface area contributed by atoms with Gasteiger partial charge < -0.3 is 9.84 Å². The third-order valence-electron chi connectivity index (χ3n) is 5.02. The van der Waals surface area contributed by atoms with Crippen molar-refractivity contribution in [2.24, 2.45) is 5.10 Å². The molecule has 0 unspecified atom stereocenters. The molecule has 1 aliphatic heterocycles. The number of amides is 1. The Kier molecular flexibility index (Phi) is 5.38. The molecule has 0 spiro atoms. The number of ether oxygens (including phenoxy) is 1. The van der Waals surface area contributed by atoms with Crippen LogP contribution in [-0.4, -0.2) is 44.8 Å². The van der Waals surface area contributed by atoms with Gasteiger partial charge in [0.15, 0.2) is 0 Å². The van der Waals surface area contributed by atoms with Gasteiger partial charge in [-0.25, -0.2) is 5.01 Å². The monoisotopic (exact) mass is 404 g/mol. The number of hydrogen-bond acceptors (Lipinski definition) is 6. The van der Waals surface area contributed by atoms with E-state index in [2.05, 4.69) is 15.1 Å². The summed E-state index contributed by atoms with van der Waals surface area (Å²) in [7, 11) is 1.60. The quantitative estimate of drug-likeness (QED) is 0.677. The first-order valence-corrected chi connectivity index (χ1v) is 9.51. The van der Waals surface area contributed by atoms with Crippen LogP contribution in [0.5, 0.6) is 5.75 Å². The summed E-state index contributed by atoms with van der Waals surface area (Å²) >= 11 is 0. The van der Waals surface area contributed by atoms with Crippen LogP contribution in [0.15, 0.2) is 60.0 Å². The summed E-state index contributed by atoms with van der Waals surface area (Å²) in [6.07, 6.45) is 3.41. The highest BCUT2D eigenvalue weighted by Gasteiger charge is 2.33. The van der Waals surface area contributed by atoms with Crippen molar-refractivity contribution in [3.63, 3.8) is 0 Å². The van der Waals surface area contributed by atoms with Gasteiger partial charge in [0, 0.05) is 25.2 Å². The number of carbonyl (C=O) groups is 2. The third-order valence-corrected chi connectivity index (χ3v) is 5.02. The Hall–Kier alpha value is -3.81. The Bertz CT molecular complexity index is 1130. The number of nitrogens with zero attached hydrogens (tertiary/aromatic N) is 4. The van der Waals surface area contributed by atoms with Gasteiger partial charge in [0.1, 0.15) is 5.75 Å². The van der Waals surface area contributed by atoms with Crippen LogP contribution >= 0.6 is 0 Å². The molecule has 2 heterocycles. The average Bonchev–Trinajstić information content (AvgIpc) is 3.23. The lowest BCUT2D eigenvalue weighted by atomic mass is 9.97. The summed E-state index contributed by atoms with van der Waals surface area (Å²) in [6, 6.07) is 12.8. The molecular weight excluding hydrogens is 384 g/mol. The van der Waals surface area contributed by atoms with Gasteiger partial charge in [0.05, 0.1) is 36.3 Å². The fourth-order valence-electron chi connectivity index (χ4n) is 3.47. The molecule has 0 fully saturated rings. The van der Waals surface area contributed by atoms with Gasteiger partial charge in [0.25, 0.3) is 0 Å². The first-order chi connectivity index (χ1) is 14.5. The molecule has 2 aromatic carbocycles. The Morgan fingerprint density at radius 3 is 2.50 bits per heavy atom. The second-order valence-electron chi connectivity index (χ2n) is 6.93. The number of carboxylic acid groups (broad SMARTS) is 1. The number of carboxylic acids is 1. The Balaban J connectivity index is 1.67. The van der Waals surface area contributed by atoms with Crippen molar-refractivity contribution in [2.75, 3.05) is 7.11 Å². The normalized spacial score (nSPS) is 15.8. The highest BCUT2D eigenvalue weighted by Crippen LogP contribution is 2.34. The zero-order valence-corrected chi connectivity index (χ0v) is 16.4. The zero-order valence-electron chi connectivity index (χ0n) is 16.4. The number of rotatable bonds is 6. The van der Waals surface area contributed by atoms with Crippen molar-refractivity contribution in [2.45, 2.75) is 25.3 Å². The van der Waals surface area contributed by atoms with Crippen molar-refractivity contribution in [3.05, 3.63) is 66.0 Å². The molecule has 1 atom stereocenters. The summed E-state index contributed by atoms with van der Waals surface area (Å²) in [6.45, 7) is 0. The summed E-state index contributed by atoms with van der Waals surface area (Å²) in [5, 5.41) is 14.9. The van der Waals surface area contributed by atoms with Gasteiger partial charge in [-0.05, 0) is 47.5 Å². The van der Waals surface area contributed by atoms with Gasteiger partial charge in [-0.1, -0.05) is 6.07 Å². The molecule has 30 heavy (non-hydrogen) atoms. The van der Waals surface area contributed by atoms with Crippen LogP contribution < -0.4 is 4.74 Å². The molecule has 0 bridgehead atoms. The number of benzene rings is 2. The number of fused-ring (bicyclic) bond motifs is 1. The van der Waals surface area contributed by atoms with E-state index in [-0.39, 0.29) is 24.8 Å². The lowest BCUT2D eigenvalue weighted by molar-refractivity contribution is -0.141. The summed E-state index contributed by atoms with van der Waals surface area (Å²) < 4.78 is 5.20. The van der Waals surface area contributed by atoms with E-state index in [0.717, 1.165) is 33.6 Å². The van der Waals surface area contributed by atoms with Crippen LogP contribution in [-0.2, 0) is 9.59 Å². The number of aliphatic carboxylic acids is 1. The molecule has 0 saturated carbocycles. The minimum atomic E-state index is -1.01. The largest absolute Gasteiger partial charge is 0.497 e. The Morgan fingerprint density at radius 2 is 1.80 bits per heavy atom. The zero-order chi connectivity index (χ0) is 21.1. The molecule has 0 radical (unpaired) electrons. The van der Waals surface area contributed by atoms with Gasteiger partial charge in [-0.15, -0.1) is 0 Å². The van der Waals surface area contributed by atoms with E-state index in [1.54, 1.807) is 19.5 Å². The Labute approximate surface area is 172 Å². The van der Waals surface area contributed by atoms with Crippen molar-refractivity contribution in [1.82, 2.24) is 15.0 Å². The number of aromatic nitrogens is 2. The molecule has 1 N–H and O–H groups in total. The standard InChI is InChI=1S/C22H20N4O4/c1-30-16-5-2-14(3-6-16)18-13-20(26(25-18)21(27)8-9-22(28)29)15-4-7-17-19(12-15)24-11-10-23-17/h2-7,10-12,20H,8-9,13H2,1H3,(H,28,29)/t20-/m1/s1. The molecule has 1 aromatic heterocycles. The van der Waals surface area contributed by atoms with Gasteiger partial charge >= 0.3 is 5.97 Å². The summed E-state index contributed by atoms with van der Waals surface area (Å²) in [4.78, 5) is 32.3. The number of carbonyl (C=O) groups excluding carboxylic acids is 1. The van der Waals surface area contributed by atoms with Crippen LogP contribution in [0.3, 0.4) is 0 Å². The minimum absolute atomic E-state index is 0.112. The van der Waals surface area contributed by atoms with E-state index in [4.69, 9.17) is 9.84 Å². The smallest absolute Gasteiger partial charge is 0.303 e. The maximum Gasteiger partial charge on any atom is 0.303 e. The van der Waals surface area contributed by atoms with E-state index in [1.807, 2.05) is 42.5 Å². The van der Waals surface area contributed by atoms with Crippen molar-refractivity contribution in [1.29, 1.82) is 0 Å². The summed E-state index contributed by atoms with van der Waals surface area (Å²) in [5.41, 5.74) is 4.00. The fourth-order valence-corrected chi connectivity index (χ4v) is 3.47.